The first kappa shape index (κ1) is 18.9. The quantitative estimate of drug-likeness (QED) is 0.310. The van der Waals surface area contributed by atoms with Crippen LogP contribution in [-0.4, -0.2) is 42.0 Å². The molecule has 3 aromatic rings. The summed E-state index contributed by atoms with van der Waals surface area (Å²) in [6.07, 6.45) is 0.950. The SMILES string of the molecule is CN(C)CCCNc1c2ccccc2nc2cccc([N+](=O)[O-])c12.Cl. The number of anilines is 1. The zero-order chi connectivity index (χ0) is 17.1. The number of fused-ring (bicyclic) bond motifs is 2. The van der Waals surface area contributed by atoms with Gasteiger partial charge in [-0.05, 0) is 39.2 Å². The van der Waals surface area contributed by atoms with E-state index in [1.165, 1.54) is 6.07 Å². The van der Waals surface area contributed by atoms with Crippen molar-refractivity contribution in [2.75, 3.05) is 32.5 Å². The summed E-state index contributed by atoms with van der Waals surface area (Å²) >= 11 is 0. The normalized spacial score (nSPS) is 10.8. The van der Waals surface area contributed by atoms with Gasteiger partial charge in [0.05, 0.1) is 21.6 Å². The Hall–Kier alpha value is -2.44. The molecule has 132 valence electrons. The Morgan fingerprint density at radius 2 is 1.84 bits per heavy atom. The zero-order valence-corrected chi connectivity index (χ0v) is 15.0. The second-order valence-electron chi connectivity index (χ2n) is 6.02. The number of nitro groups is 1. The highest BCUT2D eigenvalue weighted by atomic mass is 35.5. The lowest BCUT2D eigenvalue weighted by Crippen LogP contribution is -2.16. The van der Waals surface area contributed by atoms with Crippen LogP contribution in [0, 0.1) is 10.1 Å². The molecule has 0 bridgehead atoms. The first-order valence-corrected chi connectivity index (χ1v) is 7.92. The number of halogens is 1. The fourth-order valence-electron chi connectivity index (χ4n) is 2.87. The van der Waals surface area contributed by atoms with Gasteiger partial charge in [-0.15, -0.1) is 12.4 Å². The molecule has 3 rings (SSSR count). The highest BCUT2D eigenvalue weighted by Gasteiger charge is 2.18. The number of aromatic nitrogens is 1. The highest BCUT2D eigenvalue weighted by molar-refractivity contribution is 6.11. The number of non-ortho nitro benzene ring substituents is 1. The van der Waals surface area contributed by atoms with E-state index in [1.54, 1.807) is 6.07 Å². The topological polar surface area (TPSA) is 71.3 Å². The molecule has 0 atom stereocenters. The van der Waals surface area contributed by atoms with Crippen LogP contribution in [0.5, 0.6) is 0 Å². The largest absolute Gasteiger partial charge is 0.384 e. The van der Waals surface area contributed by atoms with Crippen molar-refractivity contribution in [3.05, 3.63) is 52.6 Å². The number of nitrogens with zero attached hydrogens (tertiary/aromatic N) is 3. The van der Waals surface area contributed by atoms with Gasteiger partial charge in [0.2, 0.25) is 0 Å². The Labute approximate surface area is 152 Å². The van der Waals surface area contributed by atoms with E-state index in [4.69, 9.17) is 0 Å². The number of benzene rings is 2. The van der Waals surface area contributed by atoms with Gasteiger partial charge in [-0.2, -0.15) is 0 Å². The van der Waals surface area contributed by atoms with Crippen molar-refractivity contribution in [3.8, 4) is 0 Å². The molecule has 0 unspecified atom stereocenters. The van der Waals surface area contributed by atoms with Crippen LogP contribution in [0.15, 0.2) is 42.5 Å². The summed E-state index contributed by atoms with van der Waals surface area (Å²) in [5.74, 6) is 0. The third-order valence-electron chi connectivity index (χ3n) is 3.97. The monoisotopic (exact) mass is 360 g/mol. The van der Waals surface area contributed by atoms with Gasteiger partial charge in [0.15, 0.2) is 0 Å². The van der Waals surface area contributed by atoms with Crippen molar-refractivity contribution in [2.24, 2.45) is 0 Å². The van der Waals surface area contributed by atoms with Crippen LogP contribution in [0.25, 0.3) is 21.8 Å². The maximum atomic E-state index is 11.5. The van der Waals surface area contributed by atoms with E-state index in [1.807, 2.05) is 44.4 Å². The van der Waals surface area contributed by atoms with Crippen LogP contribution >= 0.6 is 12.4 Å². The van der Waals surface area contributed by atoms with Crippen molar-refractivity contribution in [2.45, 2.75) is 6.42 Å². The predicted molar refractivity (Wildman–Crippen MR) is 105 cm³/mol. The molecule has 0 fully saturated rings. The molecule has 0 aliphatic carbocycles. The highest BCUT2D eigenvalue weighted by Crippen LogP contribution is 2.36. The minimum absolute atomic E-state index is 0. The van der Waals surface area contributed by atoms with Crippen LogP contribution in [0.4, 0.5) is 11.4 Å². The lowest BCUT2D eigenvalue weighted by molar-refractivity contribution is -0.383. The molecule has 1 heterocycles. The van der Waals surface area contributed by atoms with Gasteiger partial charge < -0.3 is 10.2 Å². The summed E-state index contributed by atoms with van der Waals surface area (Å²) in [5, 5.41) is 16.4. The Morgan fingerprint density at radius 3 is 2.56 bits per heavy atom. The molecule has 0 aliphatic heterocycles. The smallest absolute Gasteiger partial charge is 0.280 e. The first-order valence-electron chi connectivity index (χ1n) is 7.92. The van der Waals surface area contributed by atoms with Crippen molar-refractivity contribution in [3.63, 3.8) is 0 Å². The van der Waals surface area contributed by atoms with Gasteiger partial charge >= 0.3 is 0 Å². The molecule has 0 spiro atoms. The standard InChI is InChI=1S/C18H20N4O2.ClH/c1-21(2)12-6-11-19-18-13-7-3-4-8-14(13)20-15-9-5-10-16(17(15)18)22(23)24;/h3-5,7-10H,6,11-12H2,1-2H3,(H,19,20);1H. The maximum Gasteiger partial charge on any atom is 0.280 e. The summed E-state index contributed by atoms with van der Waals surface area (Å²) in [4.78, 5) is 17.8. The molecular weight excluding hydrogens is 340 g/mol. The van der Waals surface area contributed by atoms with Crippen molar-refractivity contribution in [1.29, 1.82) is 0 Å². The Bertz CT molecular complexity index is 899. The summed E-state index contributed by atoms with van der Waals surface area (Å²) in [7, 11) is 4.06. The average molecular weight is 361 g/mol. The number of hydrogen-bond donors (Lipinski definition) is 1. The van der Waals surface area contributed by atoms with Gasteiger partial charge in [0.25, 0.3) is 5.69 Å². The van der Waals surface area contributed by atoms with E-state index >= 15 is 0 Å². The lowest BCUT2D eigenvalue weighted by Gasteiger charge is -2.14. The van der Waals surface area contributed by atoms with Crippen LogP contribution in [0.2, 0.25) is 0 Å². The molecule has 0 amide bonds. The van der Waals surface area contributed by atoms with E-state index in [0.717, 1.165) is 36.1 Å². The number of nitrogens with one attached hydrogen (secondary N) is 1. The van der Waals surface area contributed by atoms with Gasteiger partial charge in [0, 0.05) is 18.0 Å². The summed E-state index contributed by atoms with van der Waals surface area (Å²) < 4.78 is 0. The van der Waals surface area contributed by atoms with E-state index in [0.29, 0.717) is 10.9 Å². The lowest BCUT2D eigenvalue weighted by atomic mass is 10.1. The van der Waals surface area contributed by atoms with Crippen LogP contribution in [0.3, 0.4) is 0 Å². The number of para-hydroxylation sites is 1. The summed E-state index contributed by atoms with van der Waals surface area (Å²) in [6.45, 7) is 1.70. The van der Waals surface area contributed by atoms with Crippen LogP contribution < -0.4 is 5.32 Å². The molecule has 6 nitrogen and oxygen atoms in total. The van der Waals surface area contributed by atoms with Crippen molar-refractivity contribution >= 4 is 45.6 Å². The average Bonchev–Trinajstić information content (AvgIpc) is 2.56. The van der Waals surface area contributed by atoms with E-state index < -0.39 is 0 Å². The van der Waals surface area contributed by atoms with E-state index in [9.17, 15) is 10.1 Å². The molecule has 0 aliphatic rings. The Kier molecular flexibility index (Phi) is 6.12. The van der Waals surface area contributed by atoms with Crippen LogP contribution in [0.1, 0.15) is 6.42 Å². The number of hydrogen-bond acceptors (Lipinski definition) is 5. The third-order valence-corrected chi connectivity index (χ3v) is 3.97. The van der Waals surface area contributed by atoms with E-state index in [2.05, 4.69) is 15.2 Å². The number of rotatable bonds is 6. The first-order chi connectivity index (χ1) is 11.6. The van der Waals surface area contributed by atoms with Crippen molar-refractivity contribution < 1.29 is 4.92 Å². The Balaban J connectivity index is 0.00000225. The van der Waals surface area contributed by atoms with Crippen LogP contribution in [-0.2, 0) is 0 Å². The number of nitro benzene ring substituents is 1. The molecule has 1 N–H and O–H groups in total. The minimum Gasteiger partial charge on any atom is -0.384 e. The molecule has 25 heavy (non-hydrogen) atoms. The molecule has 0 radical (unpaired) electrons. The molecule has 0 saturated heterocycles. The molecule has 7 heteroatoms. The van der Waals surface area contributed by atoms with E-state index in [-0.39, 0.29) is 23.0 Å². The molecular formula is C18H21ClN4O2. The molecule has 0 saturated carbocycles. The number of pyridine rings is 1. The molecule has 1 aromatic heterocycles. The third kappa shape index (κ3) is 3.97. The Morgan fingerprint density at radius 1 is 1.12 bits per heavy atom. The summed E-state index contributed by atoms with van der Waals surface area (Å²) in [6, 6.07) is 12.8. The second-order valence-corrected chi connectivity index (χ2v) is 6.02. The summed E-state index contributed by atoms with van der Waals surface area (Å²) in [5.41, 5.74) is 2.35. The van der Waals surface area contributed by atoms with Gasteiger partial charge in [-0.3, -0.25) is 10.1 Å². The molecule has 2 aromatic carbocycles. The zero-order valence-electron chi connectivity index (χ0n) is 14.2. The fraction of sp³-hybridized carbons (Fsp3) is 0.278. The second kappa shape index (κ2) is 8.09. The van der Waals surface area contributed by atoms with Crippen molar-refractivity contribution in [1.82, 2.24) is 9.88 Å². The van der Waals surface area contributed by atoms with Gasteiger partial charge in [0.1, 0.15) is 5.39 Å². The van der Waals surface area contributed by atoms with Gasteiger partial charge in [-0.25, -0.2) is 4.98 Å². The minimum atomic E-state index is -0.343. The van der Waals surface area contributed by atoms with Gasteiger partial charge in [-0.1, -0.05) is 24.3 Å². The fourth-order valence-corrected chi connectivity index (χ4v) is 2.87. The maximum absolute atomic E-state index is 11.5. The predicted octanol–water partition coefficient (Wildman–Crippen LogP) is 4.08.